The number of aliphatic hydroxyl groups is 1. The first kappa shape index (κ1) is 36.8. The first-order chi connectivity index (χ1) is 21.0. The number of piperazine rings is 1. The molecule has 2 fully saturated rings. The molecule has 3 heterocycles. The van der Waals surface area contributed by atoms with E-state index in [2.05, 4.69) is 33.6 Å². The molecule has 15 heteroatoms. The molecule has 0 spiro atoms. The summed E-state index contributed by atoms with van der Waals surface area (Å²) in [5.74, 6) is -0.577. The van der Waals surface area contributed by atoms with Gasteiger partial charge in [-0.15, -0.1) is 0 Å². The predicted molar refractivity (Wildman–Crippen MR) is 162 cm³/mol. The van der Waals surface area contributed by atoms with Crippen molar-refractivity contribution in [2.45, 2.75) is 64.3 Å². The van der Waals surface area contributed by atoms with Crippen LogP contribution in [-0.4, -0.2) is 119 Å². The number of halogens is 3. The molecule has 0 radical (unpaired) electrons. The number of piperidine rings is 1. The van der Waals surface area contributed by atoms with Gasteiger partial charge in [-0.25, -0.2) is 9.97 Å². The number of aryl methyl sites for hydroxylation is 2. The fourth-order valence-corrected chi connectivity index (χ4v) is 6.27. The molecule has 2 N–H and O–H groups in total. The molecule has 2 aliphatic rings. The second kappa shape index (κ2) is 15.3. The highest BCUT2D eigenvalue weighted by Crippen LogP contribution is 2.35. The van der Waals surface area contributed by atoms with E-state index in [9.17, 15) is 26.4 Å². The van der Waals surface area contributed by atoms with Gasteiger partial charge in [-0.2, -0.15) is 21.6 Å². The summed E-state index contributed by atoms with van der Waals surface area (Å²) in [6, 6.07) is 5.52. The normalized spacial score (nSPS) is 20.3. The van der Waals surface area contributed by atoms with E-state index in [1.165, 1.54) is 6.33 Å². The highest BCUT2D eigenvalue weighted by molar-refractivity contribution is 7.85. The number of aromatic nitrogens is 2. The summed E-state index contributed by atoms with van der Waals surface area (Å²) in [7, 11) is -2.30. The number of methoxy groups -OCH3 is 1. The Bertz CT molecular complexity index is 1370. The van der Waals surface area contributed by atoms with Crippen LogP contribution in [0.4, 0.5) is 13.2 Å². The van der Waals surface area contributed by atoms with Crippen molar-refractivity contribution in [1.29, 1.82) is 0 Å². The van der Waals surface area contributed by atoms with E-state index in [1.54, 1.807) is 19.2 Å². The van der Waals surface area contributed by atoms with Crippen molar-refractivity contribution < 1.29 is 40.8 Å². The van der Waals surface area contributed by atoms with Crippen LogP contribution in [-0.2, 0) is 21.0 Å². The summed E-state index contributed by atoms with van der Waals surface area (Å²) in [5.41, 5.74) is 2.18. The van der Waals surface area contributed by atoms with E-state index in [-0.39, 0.29) is 23.5 Å². The topological polar surface area (TPSA) is 136 Å². The van der Waals surface area contributed by atoms with Gasteiger partial charge < -0.3 is 14.7 Å². The van der Waals surface area contributed by atoms with E-state index in [4.69, 9.17) is 14.4 Å². The molecule has 45 heavy (non-hydrogen) atoms. The van der Waals surface area contributed by atoms with Gasteiger partial charge >= 0.3 is 6.18 Å². The van der Waals surface area contributed by atoms with Crippen molar-refractivity contribution in [2.75, 3.05) is 58.8 Å². The summed E-state index contributed by atoms with van der Waals surface area (Å²) >= 11 is 0. The average molecular weight is 660 g/mol. The Morgan fingerprint density at radius 1 is 1.09 bits per heavy atom. The molecule has 252 valence electrons. The third kappa shape index (κ3) is 9.66. The Hall–Kier alpha value is -2.69. The second-order valence-electron chi connectivity index (χ2n) is 11.8. The molecule has 2 aliphatic heterocycles. The minimum Gasteiger partial charge on any atom is -0.395 e. The van der Waals surface area contributed by atoms with Gasteiger partial charge in [0.2, 0.25) is 0 Å². The van der Waals surface area contributed by atoms with Gasteiger partial charge in [0, 0.05) is 51.4 Å². The van der Waals surface area contributed by atoms with Gasteiger partial charge in [-0.3, -0.25) is 19.1 Å². The minimum absolute atomic E-state index is 0.000198. The molecule has 11 nitrogen and oxygen atoms in total. The number of carbonyl (C=O) groups excluding carboxylic acids is 1. The maximum Gasteiger partial charge on any atom is 0.416 e. The molecule has 2 atom stereocenters. The third-order valence-corrected chi connectivity index (χ3v) is 9.41. The lowest BCUT2D eigenvalue weighted by atomic mass is 9.86. The van der Waals surface area contributed by atoms with Gasteiger partial charge in [0.15, 0.2) is 0 Å². The second-order valence-corrected chi connectivity index (χ2v) is 13.4. The molecule has 0 saturated carbocycles. The van der Waals surface area contributed by atoms with Crippen LogP contribution in [0.1, 0.15) is 65.6 Å². The summed E-state index contributed by atoms with van der Waals surface area (Å²) in [5, 5.41) is 7.86. The zero-order valence-electron chi connectivity index (χ0n) is 26.4. The number of ether oxygens (including phenoxy) is 1. The Morgan fingerprint density at radius 3 is 2.11 bits per heavy atom. The molecule has 0 bridgehead atoms. The molecule has 0 aliphatic carbocycles. The maximum absolute atomic E-state index is 13.2. The van der Waals surface area contributed by atoms with Crippen molar-refractivity contribution >= 4 is 16.0 Å². The highest BCUT2D eigenvalue weighted by Gasteiger charge is 2.41. The smallest absolute Gasteiger partial charge is 0.395 e. The van der Waals surface area contributed by atoms with Crippen LogP contribution < -0.4 is 0 Å². The summed E-state index contributed by atoms with van der Waals surface area (Å²) in [6.07, 6.45) is -1.12. The van der Waals surface area contributed by atoms with Crippen molar-refractivity contribution in [3.63, 3.8) is 0 Å². The molecule has 0 unspecified atom stereocenters. The standard InChI is InChI=1S/C28H38F3N5O2.C2H6O4S/c1-19-16-35(14-15-36(19)24(17-38-5)22-6-8-23(9-7-22)28(29,30)31)27(4)10-12-34(13-11-27)26(37)25-20(2)32-18-33-21(25)3;3-1-2-7(4,5)6/h6-9,18-19,24H,10-17H2,1-5H3;3H,1-2H2,(H,4,5,6)/t19-,24-;/m0./s1. The SMILES string of the molecule is COC[C@@H](c1ccc(C(F)(F)F)cc1)N1CCN(C2(C)CCN(C(=O)c3c(C)ncnc3C)CC2)C[C@@H]1C.O=S(=O)(O)CCO. The molecule has 1 aromatic carbocycles. The van der Waals surface area contributed by atoms with Crippen LogP contribution >= 0.6 is 0 Å². The number of rotatable bonds is 8. The van der Waals surface area contributed by atoms with Crippen LogP contribution in [0.15, 0.2) is 30.6 Å². The first-order valence-corrected chi connectivity index (χ1v) is 16.4. The average Bonchev–Trinajstić information content (AvgIpc) is 2.96. The summed E-state index contributed by atoms with van der Waals surface area (Å²) < 4.78 is 71.8. The van der Waals surface area contributed by atoms with Crippen LogP contribution in [0.5, 0.6) is 0 Å². The number of carbonyl (C=O) groups is 1. The van der Waals surface area contributed by atoms with E-state index >= 15 is 0 Å². The fraction of sp³-hybridized carbons (Fsp3) is 0.633. The number of hydrogen-bond donors (Lipinski definition) is 2. The summed E-state index contributed by atoms with van der Waals surface area (Å²) in [4.78, 5) is 28.4. The number of aliphatic hydroxyl groups excluding tert-OH is 1. The number of alkyl halides is 3. The lowest BCUT2D eigenvalue weighted by Crippen LogP contribution is -2.62. The number of nitrogens with zero attached hydrogens (tertiary/aromatic N) is 5. The Balaban J connectivity index is 0.000000707. The quantitative estimate of drug-likeness (QED) is 0.406. The van der Waals surface area contributed by atoms with E-state index in [0.29, 0.717) is 36.6 Å². The monoisotopic (exact) mass is 659 g/mol. The number of hydrogen-bond acceptors (Lipinski definition) is 9. The van der Waals surface area contributed by atoms with E-state index in [1.807, 2.05) is 18.7 Å². The predicted octanol–water partition coefficient (Wildman–Crippen LogP) is 3.37. The van der Waals surface area contributed by atoms with E-state index < -0.39 is 34.2 Å². The van der Waals surface area contributed by atoms with Crippen molar-refractivity contribution in [2.24, 2.45) is 0 Å². The fourth-order valence-electron chi connectivity index (χ4n) is 6.04. The first-order valence-electron chi connectivity index (χ1n) is 14.8. The molecule has 2 saturated heterocycles. The van der Waals surface area contributed by atoms with Gasteiger partial charge in [0.05, 0.1) is 47.5 Å². The van der Waals surface area contributed by atoms with Crippen LogP contribution in [0.3, 0.4) is 0 Å². The lowest BCUT2D eigenvalue weighted by molar-refractivity contribution is -0.137. The van der Waals surface area contributed by atoms with Crippen molar-refractivity contribution in [1.82, 2.24) is 24.7 Å². The maximum atomic E-state index is 13.2. The van der Waals surface area contributed by atoms with Gasteiger partial charge in [0.1, 0.15) is 6.33 Å². The van der Waals surface area contributed by atoms with Gasteiger partial charge in [0.25, 0.3) is 16.0 Å². The zero-order valence-corrected chi connectivity index (χ0v) is 27.2. The molecular weight excluding hydrogens is 615 g/mol. The van der Waals surface area contributed by atoms with Crippen LogP contribution in [0.25, 0.3) is 0 Å². The largest absolute Gasteiger partial charge is 0.416 e. The minimum atomic E-state index is -4.35. The molecule has 4 rings (SSSR count). The Kier molecular flexibility index (Phi) is 12.5. The lowest BCUT2D eigenvalue weighted by Gasteiger charge is -2.52. The molecule has 2 aromatic rings. The highest BCUT2D eigenvalue weighted by atomic mass is 32.2. The Labute approximate surface area is 263 Å². The number of benzene rings is 1. The van der Waals surface area contributed by atoms with Gasteiger partial charge in [-0.05, 0) is 58.2 Å². The van der Waals surface area contributed by atoms with Crippen LogP contribution in [0, 0.1) is 13.8 Å². The number of likely N-dealkylation sites (tertiary alicyclic amines) is 1. The van der Waals surface area contributed by atoms with Crippen molar-refractivity contribution in [3.05, 3.63) is 58.7 Å². The van der Waals surface area contributed by atoms with Crippen LogP contribution in [0.2, 0.25) is 0 Å². The molecule has 1 amide bonds. The molecular formula is C30H44F3N5O6S. The zero-order chi connectivity index (χ0) is 33.6. The van der Waals surface area contributed by atoms with E-state index in [0.717, 1.165) is 50.2 Å². The summed E-state index contributed by atoms with van der Waals surface area (Å²) in [6.45, 7) is 11.8. The van der Waals surface area contributed by atoms with Crippen molar-refractivity contribution in [3.8, 4) is 0 Å². The van der Waals surface area contributed by atoms with Gasteiger partial charge in [-0.1, -0.05) is 12.1 Å². The third-order valence-electron chi connectivity index (χ3n) is 8.71. The number of amides is 1. The Morgan fingerprint density at radius 2 is 1.67 bits per heavy atom. The molecule has 1 aromatic heterocycles.